The van der Waals surface area contributed by atoms with Gasteiger partial charge in [-0.1, -0.05) is 0 Å². The Bertz CT molecular complexity index is 605. The third kappa shape index (κ3) is 3.01. The summed E-state index contributed by atoms with van der Waals surface area (Å²) in [6.45, 7) is 3.68. The number of halogens is 2. The average molecular weight is 280 g/mol. The van der Waals surface area contributed by atoms with Crippen molar-refractivity contribution < 1.29 is 18.3 Å². The molecule has 0 N–H and O–H groups in total. The second-order valence-corrected chi connectivity index (χ2v) is 4.29. The van der Waals surface area contributed by atoms with E-state index >= 15 is 0 Å². The van der Waals surface area contributed by atoms with Gasteiger partial charge in [-0.3, -0.25) is 4.79 Å². The highest BCUT2D eigenvalue weighted by Gasteiger charge is 2.19. The van der Waals surface area contributed by atoms with Gasteiger partial charge in [-0.05, 0) is 32.0 Å². The van der Waals surface area contributed by atoms with E-state index in [0.717, 1.165) is 18.2 Å². The smallest absolute Gasteiger partial charge is 0.314 e. The summed E-state index contributed by atoms with van der Waals surface area (Å²) in [6, 6.07) is 4.73. The van der Waals surface area contributed by atoms with Crippen LogP contribution < -0.4 is 0 Å². The number of esters is 1. The highest BCUT2D eigenvalue weighted by Crippen LogP contribution is 2.17. The molecule has 0 saturated heterocycles. The summed E-state index contributed by atoms with van der Waals surface area (Å²) >= 11 is 0. The van der Waals surface area contributed by atoms with Crippen molar-refractivity contribution in [2.75, 3.05) is 6.61 Å². The molecule has 4 nitrogen and oxygen atoms in total. The Balaban J connectivity index is 2.26. The molecule has 0 bridgehead atoms. The Hall–Kier alpha value is -2.24. The van der Waals surface area contributed by atoms with Crippen molar-refractivity contribution in [3.05, 3.63) is 47.8 Å². The number of ether oxygens (including phenoxy) is 1. The van der Waals surface area contributed by atoms with Crippen molar-refractivity contribution in [3.63, 3.8) is 0 Å². The molecule has 20 heavy (non-hydrogen) atoms. The zero-order valence-corrected chi connectivity index (χ0v) is 11.1. The lowest BCUT2D eigenvalue weighted by Crippen LogP contribution is -2.13. The predicted octanol–water partition coefficient (Wildman–Crippen LogP) is 2.82. The van der Waals surface area contributed by atoms with E-state index in [9.17, 15) is 13.6 Å². The van der Waals surface area contributed by atoms with E-state index in [1.165, 1.54) is 4.68 Å². The normalized spacial score (nSPS) is 12.2. The average Bonchev–Trinajstić information content (AvgIpc) is 2.86. The zero-order chi connectivity index (χ0) is 14.7. The summed E-state index contributed by atoms with van der Waals surface area (Å²) in [7, 11) is 0. The summed E-state index contributed by atoms with van der Waals surface area (Å²) < 4.78 is 32.5. The molecule has 1 aromatic carbocycles. The fourth-order valence-corrected chi connectivity index (χ4v) is 1.77. The molecule has 106 valence electrons. The number of carbonyl (C=O) groups excluding carboxylic acids is 1. The number of benzene rings is 1. The minimum Gasteiger partial charge on any atom is -0.465 e. The maximum absolute atomic E-state index is 13.2. The summed E-state index contributed by atoms with van der Waals surface area (Å²) in [6.07, 6.45) is 1.54. The molecular weight excluding hydrogens is 266 g/mol. The summed E-state index contributed by atoms with van der Waals surface area (Å²) in [5, 5.41) is 4.15. The molecular formula is C14H14F2N2O2. The molecule has 0 fully saturated rings. The largest absolute Gasteiger partial charge is 0.465 e. The second kappa shape index (κ2) is 5.81. The SMILES string of the molecule is CCOC(=O)C(C)c1ccn(-c2cc(F)cc(F)c2)n1. The van der Waals surface area contributed by atoms with Gasteiger partial charge in [0.2, 0.25) is 0 Å². The van der Waals surface area contributed by atoms with Crippen LogP contribution in [-0.2, 0) is 9.53 Å². The maximum atomic E-state index is 13.2. The van der Waals surface area contributed by atoms with Gasteiger partial charge in [0.1, 0.15) is 11.6 Å². The van der Waals surface area contributed by atoms with E-state index in [-0.39, 0.29) is 11.7 Å². The highest BCUT2D eigenvalue weighted by molar-refractivity contribution is 5.76. The Morgan fingerprint density at radius 3 is 2.60 bits per heavy atom. The van der Waals surface area contributed by atoms with E-state index in [1.807, 2.05) is 0 Å². The van der Waals surface area contributed by atoms with Crippen LogP contribution in [0.2, 0.25) is 0 Å². The van der Waals surface area contributed by atoms with Gasteiger partial charge in [-0.25, -0.2) is 13.5 Å². The van der Waals surface area contributed by atoms with Crippen molar-refractivity contribution in [2.45, 2.75) is 19.8 Å². The van der Waals surface area contributed by atoms with Crippen LogP contribution in [0.15, 0.2) is 30.5 Å². The number of nitrogens with zero attached hydrogens (tertiary/aromatic N) is 2. The number of hydrogen-bond acceptors (Lipinski definition) is 3. The van der Waals surface area contributed by atoms with Crippen LogP contribution >= 0.6 is 0 Å². The quantitative estimate of drug-likeness (QED) is 0.809. The van der Waals surface area contributed by atoms with E-state index in [4.69, 9.17) is 4.74 Å². The van der Waals surface area contributed by atoms with Crippen molar-refractivity contribution in [2.24, 2.45) is 0 Å². The molecule has 2 aromatic rings. The van der Waals surface area contributed by atoms with Crippen LogP contribution in [0.3, 0.4) is 0 Å². The van der Waals surface area contributed by atoms with Crippen LogP contribution in [0.1, 0.15) is 25.5 Å². The predicted molar refractivity (Wildman–Crippen MR) is 68.5 cm³/mol. The first-order valence-electron chi connectivity index (χ1n) is 6.20. The van der Waals surface area contributed by atoms with E-state index < -0.39 is 17.6 Å². The standard InChI is InChI=1S/C14H14F2N2O2/c1-3-20-14(19)9(2)13-4-5-18(17-13)12-7-10(15)6-11(16)8-12/h4-9H,3H2,1-2H3. The minimum absolute atomic E-state index is 0.254. The molecule has 0 amide bonds. The van der Waals surface area contributed by atoms with Gasteiger partial charge in [0.15, 0.2) is 0 Å². The number of aromatic nitrogens is 2. The lowest BCUT2D eigenvalue weighted by atomic mass is 10.1. The van der Waals surface area contributed by atoms with Crippen LogP contribution in [0.25, 0.3) is 5.69 Å². The monoisotopic (exact) mass is 280 g/mol. The molecule has 0 saturated carbocycles. The summed E-state index contributed by atoms with van der Waals surface area (Å²) in [5.41, 5.74) is 0.734. The third-order valence-corrected chi connectivity index (χ3v) is 2.81. The first kappa shape index (κ1) is 14.2. The lowest BCUT2D eigenvalue weighted by Gasteiger charge is -2.07. The van der Waals surface area contributed by atoms with E-state index in [1.54, 1.807) is 26.1 Å². The van der Waals surface area contributed by atoms with Gasteiger partial charge < -0.3 is 4.74 Å². The molecule has 1 aromatic heterocycles. The number of carbonyl (C=O) groups is 1. The Morgan fingerprint density at radius 1 is 1.35 bits per heavy atom. The van der Waals surface area contributed by atoms with Gasteiger partial charge in [0.05, 0.1) is 23.9 Å². The lowest BCUT2D eigenvalue weighted by molar-refractivity contribution is -0.144. The zero-order valence-electron chi connectivity index (χ0n) is 11.1. The number of hydrogen-bond donors (Lipinski definition) is 0. The van der Waals surface area contributed by atoms with Crippen LogP contribution in [0.4, 0.5) is 8.78 Å². The van der Waals surface area contributed by atoms with Crippen LogP contribution in [0.5, 0.6) is 0 Å². The molecule has 0 aliphatic rings. The van der Waals surface area contributed by atoms with Crippen LogP contribution in [0, 0.1) is 11.6 Å². The first-order chi connectivity index (χ1) is 9.51. The second-order valence-electron chi connectivity index (χ2n) is 4.29. The Morgan fingerprint density at radius 2 is 2.00 bits per heavy atom. The van der Waals surface area contributed by atoms with Gasteiger partial charge >= 0.3 is 5.97 Å². The van der Waals surface area contributed by atoms with Crippen molar-refractivity contribution in [1.29, 1.82) is 0 Å². The van der Waals surface area contributed by atoms with Gasteiger partial charge in [-0.15, -0.1) is 0 Å². The third-order valence-electron chi connectivity index (χ3n) is 2.81. The Labute approximate surface area is 115 Å². The summed E-state index contributed by atoms with van der Waals surface area (Å²) in [4.78, 5) is 11.6. The van der Waals surface area contributed by atoms with Gasteiger partial charge in [0, 0.05) is 12.3 Å². The fraction of sp³-hybridized carbons (Fsp3) is 0.286. The van der Waals surface area contributed by atoms with Crippen molar-refractivity contribution in [1.82, 2.24) is 9.78 Å². The molecule has 1 atom stereocenters. The fourth-order valence-electron chi connectivity index (χ4n) is 1.77. The first-order valence-corrected chi connectivity index (χ1v) is 6.20. The topological polar surface area (TPSA) is 44.1 Å². The molecule has 0 spiro atoms. The maximum Gasteiger partial charge on any atom is 0.314 e. The van der Waals surface area contributed by atoms with E-state index in [2.05, 4.69) is 5.10 Å². The molecule has 0 aliphatic heterocycles. The van der Waals surface area contributed by atoms with Crippen molar-refractivity contribution >= 4 is 5.97 Å². The molecule has 1 unspecified atom stereocenters. The van der Waals surface area contributed by atoms with E-state index in [0.29, 0.717) is 12.3 Å². The molecule has 2 rings (SSSR count). The minimum atomic E-state index is -0.685. The van der Waals surface area contributed by atoms with Gasteiger partial charge in [-0.2, -0.15) is 5.10 Å². The molecule has 1 heterocycles. The molecule has 6 heteroatoms. The molecule has 0 radical (unpaired) electrons. The van der Waals surface area contributed by atoms with Crippen LogP contribution in [-0.4, -0.2) is 22.4 Å². The van der Waals surface area contributed by atoms with Gasteiger partial charge in [0.25, 0.3) is 0 Å². The summed E-state index contributed by atoms with van der Waals surface area (Å²) in [5.74, 6) is -2.29. The highest BCUT2D eigenvalue weighted by atomic mass is 19.1. The number of rotatable bonds is 4. The molecule has 0 aliphatic carbocycles. The Kier molecular flexibility index (Phi) is 4.12. The van der Waals surface area contributed by atoms with Crippen molar-refractivity contribution in [3.8, 4) is 5.69 Å².